The van der Waals surface area contributed by atoms with Gasteiger partial charge in [0.1, 0.15) is 6.04 Å². The molecule has 1 amide bonds. The Kier molecular flexibility index (Phi) is 3.53. The molecule has 2 atom stereocenters. The summed E-state index contributed by atoms with van der Waals surface area (Å²) in [5, 5.41) is 3.50. The summed E-state index contributed by atoms with van der Waals surface area (Å²) >= 11 is 0. The highest BCUT2D eigenvalue weighted by molar-refractivity contribution is 5.91. The molecule has 0 aliphatic carbocycles. The number of aromatic nitrogens is 1. The first kappa shape index (κ1) is 13.9. The molecule has 2 N–H and O–H groups in total. The van der Waals surface area contributed by atoms with Crippen LogP contribution in [-0.4, -0.2) is 40.8 Å². The molecular weight excluding hydrogens is 263 g/mol. The van der Waals surface area contributed by atoms with Crippen molar-refractivity contribution in [2.45, 2.75) is 38.0 Å². The SMILES string of the molecule is Cc1cc(C(=O)N2C[C@@H](N)CC[C@H]2C(F)(F)F)on1. The maximum Gasteiger partial charge on any atom is 0.408 e. The maximum atomic E-state index is 12.9. The van der Waals surface area contributed by atoms with Crippen molar-refractivity contribution in [3.05, 3.63) is 17.5 Å². The summed E-state index contributed by atoms with van der Waals surface area (Å²) < 4.78 is 43.5. The Balaban J connectivity index is 2.25. The number of carbonyl (C=O) groups excluding carboxylic acids is 1. The average Bonchev–Trinajstić information content (AvgIpc) is 2.73. The molecule has 0 radical (unpaired) electrons. The largest absolute Gasteiger partial charge is 0.408 e. The number of rotatable bonds is 1. The molecule has 1 saturated heterocycles. The molecule has 1 fully saturated rings. The van der Waals surface area contributed by atoms with Gasteiger partial charge in [0.15, 0.2) is 0 Å². The molecule has 1 aromatic heterocycles. The zero-order valence-electron chi connectivity index (χ0n) is 10.3. The number of halogens is 3. The van der Waals surface area contributed by atoms with Gasteiger partial charge in [-0.2, -0.15) is 13.2 Å². The highest BCUT2D eigenvalue weighted by atomic mass is 19.4. The lowest BCUT2D eigenvalue weighted by Crippen LogP contribution is -2.56. The van der Waals surface area contributed by atoms with Crippen LogP contribution in [0.4, 0.5) is 13.2 Å². The van der Waals surface area contributed by atoms with Crippen molar-refractivity contribution in [3.8, 4) is 0 Å². The van der Waals surface area contributed by atoms with E-state index in [1.54, 1.807) is 6.92 Å². The standard InChI is InChI=1S/C11H14F3N3O2/c1-6-4-8(19-16-6)10(18)17-5-7(15)2-3-9(17)11(12,13)14/h4,7,9H,2-3,5,15H2,1H3/t7-,9-/m0/s1. The molecule has 1 aliphatic heterocycles. The van der Waals surface area contributed by atoms with E-state index in [2.05, 4.69) is 5.16 Å². The van der Waals surface area contributed by atoms with Gasteiger partial charge >= 0.3 is 6.18 Å². The van der Waals surface area contributed by atoms with Crippen molar-refractivity contribution in [1.29, 1.82) is 0 Å². The molecule has 0 aromatic carbocycles. The number of hydrogen-bond acceptors (Lipinski definition) is 4. The summed E-state index contributed by atoms with van der Waals surface area (Å²) in [5.74, 6) is -1.01. The predicted octanol–water partition coefficient (Wildman–Crippen LogP) is 1.48. The lowest BCUT2D eigenvalue weighted by molar-refractivity contribution is -0.184. The molecule has 2 heterocycles. The van der Waals surface area contributed by atoms with Gasteiger partial charge in [0, 0.05) is 18.7 Å². The van der Waals surface area contributed by atoms with Gasteiger partial charge in [0.05, 0.1) is 5.69 Å². The molecule has 0 spiro atoms. The molecule has 1 aliphatic rings. The van der Waals surface area contributed by atoms with Crippen LogP contribution in [0.15, 0.2) is 10.6 Å². The Morgan fingerprint density at radius 3 is 2.74 bits per heavy atom. The van der Waals surface area contributed by atoms with Crippen molar-refractivity contribution in [2.75, 3.05) is 6.54 Å². The minimum atomic E-state index is -4.47. The molecule has 0 saturated carbocycles. The molecular formula is C11H14F3N3O2. The fourth-order valence-electron chi connectivity index (χ4n) is 2.17. The second-order valence-electron chi connectivity index (χ2n) is 4.68. The van der Waals surface area contributed by atoms with Gasteiger partial charge in [-0.1, -0.05) is 5.16 Å². The average molecular weight is 277 g/mol. The first-order chi connectivity index (χ1) is 8.79. The van der Waals surface area contributed by atoms with Gasteiger partial charge in [-0.15, -0.1) is 0 Å². The molecule has 0 bridgehead atoms. The molecule has 19 heavy (non-hydrogen) atoms. The predicted molar refractivity (Wildman–Crippen MR) is 59.3 cm³/mol. The fourth-order valence-corrected chi connectivity index (χ4v) is 2.17. The topological polar surface area (TPSA) is 72.4 Å². The highest BCUT2D eigenvalue weighted by Gasteiger charge is 2.48. The third-order valence-electron chi connectivity index (χ3n) is 3.10. The minimum Gasteiger partial charge on any atom is -0.351 e. The lowest BCUT2D eigenvalue weighted by atomic mass is 9.98. The Bertz CT molecular complexity index is 472. The van der Waals surface area contributed by atoms with Gasteiger partial charge in [0.2, 0.25) is 5.76 Å². The zero-order chi connectivity index (χ0) is 14.2. The first-order valence-electron chi connectivity index (χ1n) is 5.85. The normalized spacial score (nSPS) is 24.6. The fraction of sp³-hybridized carbons (Fsp3) is 0.636. The number of alkyl halides is 3. The van der Waals surface area contributed by atoms with Crippen LogP contribution in [0.2, 0.25) is 0 Å². The van der Waals surface area contributed by atoms with Gasteiger partial charge in [-0.05, 0) is 19.8 Å². The summed E-state index contributed by atoms with van der Waals surface area (Å²) in [4.78, 5) is 12.8. The van der Waals surface area contributed by atoms with Gasteiger partial charge in [0.25, 0.3) is 5.91 Å². The van der Waals surface area contributed by atoms with Gasteiger partial charge in [-0.25, -0.2) is 0 Å². The third kappa shape index (κ3) is 2.89. The van der Waals surface area contributed by atoms with E-state index in [1.807, 2.05) is 0 Å². The Hall–Kier alpha value is -1.57. The van der Waals surface area contributed by atoms with Crippen molar-refractivity contribution in [3.63, 3.8) is 0 Å². The molecule has 2 rings (SSSR count). The van der Waals surface area contributed by atoms with Crippen LogP contribution in [0.3, 0.4) is 0 Å². The number of likely N-dealkylation sites (tertiary alicyclic amines) is 1. The van der Waals surface area contributed by atoms with Gasteiger partial charge in [-0.3, -0.25) is 4.79 Å². The van der Waals surface area contributed by atoms with Crippen molar-refractivity contribution < 1.29 is 22.5 Å². The van der Waals surface area contributed by atoms with E-state index in [-0.39, 0.29) is 25.1 Å². The van der Waals surface area contributed by atoms with E-state index in [1.165, 1.54) is 6.07 Å². The Morgan fingerprint density at radius 2 is 2.21 bits per heavy atom. The van der Waals surface area contributed by atoms with E-state index >= 15 is 0 Å². The van der Waals surface area contributed by atoms with Crippen LogP contribution in [0.5, 0.6) is 0 Å². The lowest BCUT2D eigenvalue weighted by Gasteiger charge is -2.38. The number of aryl methyl sites for hydroxylation is 1. The summed E-state index contributed by atoms with van der Waals surface area (Å²) in [6, 6.07) is -0.952. The number of nitrogens with two attached hydrogens (primary N) is 1. The van der Waals surface area contributed by atoms with Crippen LogP contribution >= 0.6 is 0 Å². The highest BCUT2D eigenvalue weighted by Crippen LogP contribution is 2.32. The molecule has 1 aromatic rings. The van der Waals surface area contributed by atoms with Crippen LogP contribution in [0.1, 0.15) is 29.1 Å². The summed E-state index contributed by atoms with van der Waals surface area (Å²) in [7, 11) is 0. The van der Waals surface area contributed by atoms with Gasteiger partial charge < -0.3 is 15.2 Å². The quantitative estimate of drug-likeness (QED) is 0.843. The third-order valence-corrected chi connectivity index (χ3v) is 3.10. The first-order valence-corrected chi connectivity index (χ1v) is 5.85. The van der Waals surface area contributed by atoms with Crippen molar-refractivity contribution in [1.82, 2.24) is 10.1 Å². The summed E-state index contributed by atoms with van der Waals surface area (Å²) in [6.45, 7) is 1.45. The molecule has 106 valence electrons. The van der Waals surface area contributed by atoms with Crippen LogP contribution in [0.25, 0.3) is 0 Å². The number of amides is 1. The van der Waals surface area contributed by atoms with E-state index in [9.17, 15) is 18.0 Å². The van der Waals surface area contributed by atoms with E-state index < -0.39 is 24.2 Å². The zero-order valence-corrected chi connectivity index (χ0v) is 10.3. The number of nitrogens with zero attached hydrogens (tertiary/aromatic N) is 2. The van der Waals surface area contributed by atoms with Crippen LogP contribution in [0, 0.1) is 6.92 Å². The second-order valence-corrected chi connectivity index (χ2v) is 4.68. The molecule has 8 heteroatoms. The minimum absolute atomic E-state index is 0.136. The van der Waals surface area contributed by atoms with E-state index in [4.69, 9.17) is 10.3 Å². The van der Waals surface area contributed by atoms with E-state index in [0.29, 0.717) is 5.69 Å². The van der Waals surface area contributed by atoms with Crippen molar-refractivity contribution in [2.24, 2.45) is 5.73 Å². The number of piperidine rings is 1. The molecule has 5 nitrogen and oxygen atoms in total. The van der Waals surface area contributed by atoms with Crippen LogP contribution in [-0.2, 0) is 0 Å². The monoisotopic (exact) mass is 277 g/mol. The number of carbonyl (C=O) groups is 1. The summed E-state index contributed by atoms with van der Waals surface area (Å²) in [6.07, 6.45) is -4.42. The Morgan fingerprint density at radius 1 is 1.53 bits per heavy atom. The second kappa shape index (κ2) is 4.84. The van der Waals surface area contributed by atoms with E-state index in [0.717, 1.165) is 4.90 Å². The van der Waals surface area contributed by atoms with Crippen LogP contribution < -0.4 is 5.73 Å². The van der Waals surface area contributed by atoms with Crippen molar-refractivity contribution >= 4 is 5.91 Å². The Labute approximate surface area is 107 Å². The maximum absolute atomic E-state index is 12.9. The molecule has 0 unspecified atom stereocenters. The number of hydrogen-bond donors (Lipinski definition) is 1. The smallest absolute Gasteiger partial charge is 0.351 e. The summed E-state index contributed by atoms with van der Waals surface area (Å²) in [5.41, 5.74) is 6.08.